The summed E-state index contributed by atoms with van der Waals surface area (Å²) in [7, 11) is 0. The zero-order valence-corrected chi connectivity index (χ0v) is 16.9. The number of fused-ring (bicyclic) bond motifs is 7. The highest BCUT2D eigenvalue weighted by molar-refractivity contribution is 8.11. The largest absolute Gasteiger partial charge is 0.143 e. The molecule has 0 unspecified atom stereocenters. The first-order valence-electron chi connectivity index (χ1n) is 9.34. The molecule has 1 aliphatic heterocycles. The van der Waals surface area contributed by atoms with Crippen molar-refractivity contribution in [2.75, 3.05) is 0 Å². The van der Waals surface area contributed by atoms with Gasteiger partial charge in [0.05, 0.1) is 0 Å². The minimum atomic E-state index is 0.975. The monoisotopic (exact) mass is 384 g/mol. The summed E-state index contributed by atoms with van der Waals surface area (Å²) < 4.78 is 1.38. The van der Waals surface area contributed by atoms with Crippen LogP contribution >= 0.6 is 23.1 Å². The van der Waals surface area contributed by atoms with Gasteiger partial charge in [0.1, 0.15) is 0 Å². The van der Waals surface area contributed by atoms with Gasteiger partial charge < -0.3 is 0 Å². The van der Waals surface area contributed by atoms with Crippen molar-refractivity contribution in [2.45, 2.75) is 19.8 Å². The molecule has 0 aliphatic carbocycles. The minimum absolute atomic E-state index is 0.975. The molecular formula is C25H20S2. The van der Waals surface area contributed by atoms with Crippen LogP contribution in [0.25, 0.3) is 42.6 Å². The molecule has 2 heteroatoms. The molecule has 0 spiro atoms. The molecular weight excluding hydrogens is 364 g/mol. The van der Waals surface area contributed by atoms with Crippen molar-refractivity contribution >= 4 is 65.7 Å². The molecule has 2 heterocycles. The number of hydrogen-bond acceptors (Lipinski definition) is 2. The van der Waals surface area contributed by atoms with Gasteiger partial charge in [0.2, 0.25) is 0 Å². The molecule has 0 saturated carbocycles. The van der Waals surface area contributed by atoms with Crippen LogP contribution in [0.5, 0.6) is 0 Å². The second-order valence-electron chi connectivity index (χ2n) is 6.87. The molecule has 3 aromatic carbocycles. The number of rotatable bonds is 1. The normalized spacial score (nSPS) is 18.0. The summed E-state index contributed by atoms with van der Waals surface area (Å²) in [6.45, 7) is 6.60. The van der Waals surface area contributed by atoms with Crippen molar-refractivity contribution in [1.29, 1.82) is 0 Å². The van der Waals surface area contributed by atoms with E-state index in [0.29, 0.717) is 0 Å². The van der Waals surface area contributed by atoms with E-state index in [-0.39, 0.29) is 0 Å². The van der Waals surface area contributed by atoms with Crippen molar-refractivity contribution in [1.82, 2.24) is 0 Å². The number of allylic oxidation sites excluding steroid dienone is 3. The molecule has 0 saturated heterocycles. The van der Waals surface area contributed by atoms with Crippen LogP contribution in [0.1, 0.15) is 30.9 Å². The lowest BCUT2D eigenvalue weighted by Crippen LogP contribution is -1.89. The smallest absolute Gasteiger partial charge is 0.0421 e. The van der Waals surface area contributed by atoms with Crippen LogP contribution in [0, 0.1) is 0 Å². The summed E-state index contributed by atoms with van der Waals surface area (Å²) in [6.07, 6.45) is 8.92. The number of thiophene rings is 1. The van der Waals surface area contributed by atoms with Gasteiger partial charge in [-0.3, -0.25) is 0 Å². The molecule has 0 radical (unpaired) electrons. The Labute approximate surface area is 167 Å². The maximum absolute atomic E-state index is 4.39. The van der Waals surface area contributed by atoms with Crippen molar-refractivity contribution in [3.63, 3.8) is 0 Å². The third-order valence-corrected chi connectivity index (χ3v) is 7.47. The zero-order chi connectivity index (χ0) is 18.4. The Balaban J connectivity index is 1.80. The average molecular weight is 385 g/mol. The Kier molecular flexibility index (Phi) is 4.18. The molecule has 27 heavy (non-hydrogen) atoms. The van der Waals surface area contributed by atoms with E-state index in [4.69, 9.17) is 0 Å². The Morgan fingerprint density at radius 2 is 1.70 bits per heavy atom. The van der Waals surface area contributed by atoms with E-state index in [9.17, 15) is 0 Å². The lowest BCUT2D eigenvalue weighted by Gasteiger charge is -2.14. The van der Waals surface area contributed by atoms with E-state index in [1.807, 2.05) is 23.1 Å². The summed E-state index contributed by atoms with van der Waals surface area (Å²) >= 11 is 3.65. The van der Waals surface area contributed by atoms with Gasteiger partial charge in [-0.2, -0.15) is 0 Å². The van der Waals surface area contributed by atoms with Gasteiger partial charge in [0.25, 0.3) is 0 Å². The predicted octanol–water partition coefficient (Wildman–Crippen LogP) is 8.62. The van der Waals surface area contributed by atoms with Gasteiger partial charge in [-0.05, 0) is 61.9 Å². The molecule has 0 nitrogen and oxygen atoms in total. The molecule has 1 aromatic heterocycles. The van der Waals surface area contributed by atoms with E-state index in [1.54, 1.807) is 0 Å². The average Bonchev–Trinajstić information content (AvgIpc) is 3.20. The molecule has 5 rings (SSSR count). The highest BCUT2D eigenvalue weighted by atomic mass is 32.2. The third-order valence-electron chi connectivity index (χ3n) is 5.32. The van der Waals surface area contributed by atoms with E-state index in [0.717, 1.165) is 17.7 Å². The number of hydrogen-bond donors (Lipinski definition) is 0. The van der Waals surface area contributed by atoms with Crippen LogP contribution in [0.4, 0.5) is 0 Å². The topological polar surface area (TPSA) is 0 Å². The van der Waals surface area contributed by atoms with Crippen LogP contribution in [-0.2, 0) is 0 Å². The standard InChI is InChI=1S/C25H20S2/c1-3-18-6-4-5-7-20-19(16(2)27-18)10-11-22-21(20)12-13-24-23(22)9-8-17-14-15-26-25(17)24/h5-15H,2-4H2,1H3/b7-5-,18-6-. The second kappa shape index (κ2) is 6.70. The second-order valence-corrected chi connectivity index (χ2v) is 9.01. The SMILES string of the molecule is C=C1S/C(CC)=C\C/C=C\c2c1ccc1c2ccc2c1ccc1ccsc12. The Bertz CT molecular complexity index is 1270. The van der Waals surface area contributed by atoms with Crippen LogP contribution in [0.15, 0.2) is 71.5 Å². The van der Waals surface area contributed by atoms with E-state index < -0.39 is 0 Å². The molecule has 0 bridgehead atoms. The van der Waals surface area contributed by atoms with Gasteiger partial charge >= 0.3 is 0 Å². The van der Waals surface area contributed by atoms with Crippen molar-refractivity contribution in [3.05, 3.63) is 82.6 Å². The Morgan fingerprint density at radius 3 is 2.59 bits per heavy atom. The molecule has 0 N–H and O–H groups in total. The van der Waals surface area contributed by atoms with Crippen molar-refractivity contribution < 1.29 is 0 Å². The maximum Gasteiger partial charge on any atom is 0.0421 e. The summed E-state index contributed by atoms with van der Waals surface area (Å²) in [6, 6.07) is 15.9. The molecule has 4 aromatic rings. The fourth-order valence-corrected chi connectivity index (χ4v) is 5.81. The third kappa shape index (κ3) is 2.75. The fourth-order valence-electron chi connectivity index (χ4n) is 3.95. The quantitative estimate of drug-likeness (QED) is 0.296. The van der Waals surface area contributed by atoms with Crippen LogP contribution in [0.2, 0.25) is 0 Å². The van der Waals surface area contributed by atoms with Crippen LogP contribution in [-0.4, -0.2) is 0 Å². The molecule has 1 aliphatic rings. The lowest BCUT2D eigenvalue weighted by molar-refractivity contribution is 1.18. The van der Waals surface area contributed by atoms with Gasteiger partial charge in [0, 0.05) is 15.0 Å². The van der Waals surface area contributed by atoms with Gasteiger partial charge in [-0.15, -0.1) is 11.3 Å². The summed E-state index contributed by atoms with van der Waals surface area (Å²) in [5, 5.41) is 8.84. The van der Waals surface area contributed by atoms with Crippen molar-refractivity contribution in [3.8, 4) is 0 Å². The first kappa shape index (κ1) is 16.9. The van der Waals surface area contributed by atoms with Crippen molar-refractivity contribution in [2.24, 2.45) is 0 Å². The zero-order valence-electron chi connectivity index (χ0n) is 15.3. The minimum Gasteiger partial charge on any atom is -0.143 e. The summed E-state index contributed by atoms with van der Waals surface area (Å²) in [4.78, 5) is 2.54. The highest BCUT2D eigenvalue weighted by Crippen LogP contribution is 2.41. The molecule has 0 amide bonds. The highest BCUT2D eigenvalue weighted by Gasteiger charge is 2.14. The van der Waals surface area contributed by atoms with E-state index in [1.165, 1.54) is 47.7 Å². The van der Waals surface area contributed by atoms with Gasteiger partial charge in [0.15, 0.2) is 0 Å². The predicted molar refractivity (Wildman–Crippen MR) is 125 cm³/mol. The number of benzene rings is 3. The Morgan fingerprint density at radius 1 is 0.926 bits per heavy atom. The summed E-state index contributed by atoms with van der Waals surface area (Å²) in [5.74, 6) is 0. The maximum atomic E-state index is 4.39. The van der Waals surface area contributed by atoms with Gasteiger partial charge in [-0.25, -0.2) is 0 Å². The van der Waals surface area contributed by atoms with Crippen LogP contribution < -0.4 is 0 Å². The number of thioether (sulfide) groups is 1. The molecule has 132 valence electrons. The fraction of sp³-hybridized carbons (Fsp3) is 0.120. The lowest BCUT2D eigenvalue weighted by atomic mass is 9.94. The first-order valence-corrected chi connectivity index (χ1v) is 11.0. The Hall–Kier alpha value is -2.29. The molecule has 0 atom stereocenters. The summed E-state index contributed by atoms with van der Waals surface area (Å²) in [5.41, 5.74) is 2.55. The molecule has 0 fully saturated rings. The van der Waals surface area contributed by atoms with Crippen LogP contribution in [0.3, 0.4) is 0 Å². The van der Waals surface area contributed by atoms with E-state index >= 15 is 0 Å². The van der Waals surface area contributed by atoms with Gasteiger partial charge in [-0.1, -0.05) is 79.9 Å². The van der Waals surface area contributed by atoms with E-state index in [2.05, 4.69) is 79.6 Å². The first-order chi connectivity index (χ1) is 13.3.